The van der Waals surface area contributed by atoms with Gasteiger partial charge in [0.15, 0.2) is 5.82 Å². The normalized spacial score (nSPS) is 10.8. The van der Waals surface area contributed by atoms with E-state index < -0.39 is 0 Å². The Morgan fingerprint density at radius 3 is 3.00 bits per heavy atom. The van der Waals surface area contributed by atoms with E-state index in [1.807, 2.05) is 6.92 Å². The Labute approximate surface area is 100 Å². The summed E-state index contributed by atoms with van der Waals surface area (Å²) in [4.78, 5) is 4.21. The topological polar surface area (TPSA) is 53.6 Å². The first-order chi connectivity index (χ1) is 7.24. The number of nitrogens with one attached hydrogen (secondary N) is 2. The molecule has 0 unspecified atom stereocenters. The molecule has 0 spiro atoms. The van der Waals surface area contributed by atoms with E-state index in [2.05, 4.69) is 47.9 Å². The largest absolute Gasteiger partial charge is 0.306 e. The van der Waals surface area contributed by atoms with Crippen LogP contribution in [-0.2, 0) is 13.1 Å². The molecule has 6 heteroatoms. The zero-order valence-corrected chi connectivity index (χ0v) is 10.7. The number of aromatic amines is 1. The molecule has 0 amide bonds. The van der Waals surface area contributed by atoms with Crippen molar-refractivity contribution < 1.29 is 0 Å². The van der Waals surface area contributed by atoms with Crippen molar-refractivity contribution in [3.05, 3.63) is 32.4 Å². The van der Waals surface area contributed by atoms with Crippen LogP contribution >= 0.6 is 27.3 Å². The van der Waals surface area contributed by atoms with Crippen molar-refractivity contribution in [2.24, 2.45) is 0 Å². The van der Waals surface area contributed by atoms with E-state index in [9.17, 15) is 0 Å². The van der Waals surface area contributed by atoms with E-state index >= 15 is 0 Å². The van der Waals surface area contributed by atoms with Crippen molar-refractivity contribution in [1.82, 2.24) is 20.5 Å². The molecular weight excluding hydrogens is 276 g/mol. The second-order valence-electron chi connectivity index (χ2n) is 3.20. The molecule has 2 aromatic rings. The highest BCUT2D eigenvalue weighted by Gasteiger charge is 2.00. The lowest BCUT2D eigenvalue weighted by Gasteiger charge is -1.98. The first-order valence-electron chi connectivity index (χ1n) is 4.55. The first kappa shape index (κ1) is 10.8. The van der Waals surface area contributed by atoms with E-state index in [1.165, 1.54) is 5.56 Å². The summed E-state index contributed by atoms with van der Waals surface area (Å²) in [6.45, 7) is 3.43. The van der Waals surface area contributed by atoms with Gasteiger partial charge in [-0.05, 0) is 39.9 Å². The highest BCUT2D eigenvalue weighted by molar-refractivity contribution is 9.11. The smallest absolute Gasteiger partial charge is 0.164 e. The van der Waals surface area contributed by atoms with Gasteiger partial charge in [-0.15, -0.1) is 11.3 Å². The summed E-state index contributed by atoms with van der Waals surface area (Å²) in [7, 11) is 0. The minimum Gasteiger partial charge on any atom is -0.306 e. The molecule has 0 atom stereocenters. The number of thiophene rings is 1. The summed E-state index contributed by atoms with van der Waals surface area (Å²) in [5, 5.41) is 12.3. The van der Waals surface area contributed by atoms with E-state index in [-0.39, 0.29) is 0 Å². The quantitative estimate of drug-likeness (QED) is 0.906. The molecule has 0 bridgehead atoms. The summed E-state index contributed by atoms with van der Waals surface area (Å²) in [6, 6.07) is 2.11. The maximum Gasteiger partial charge on any atom is 0.164 e. The lowest BCUT2D eigenvalue weighted by Crippen LogP contribution is -2.13. The number of hydrogen-bond donors (Lipinski definition) is 2. The van der Waals surface area contributed by atoms with Crippen molar-refractivity contribution in [3.63, 3.8) is 0 Å². The second kappa shape index (κ2) is 4.87. The fourth-order valence-electron chi connectivity index (χ4n) is 1.23. The number of aromatic nitrogens is 3. The van der Waals surface area contributed by atoms with E-state index in [1.54, 1.807) is 11.3 Å². The average Bonchev–Trinajstić information content (AvgIpc) is 2.76. The van der Waals surface area contributed by atoms with E-state index in [0.717, 1.165) is 22.0 Å². The van der Waals surface area contributed by atoms with Gasteiger partial charge in [0.25, 0.3) is 0 Å². The van der Waals surface area contributed by atoms with Crippen molar-refractivity contribution in [1.29, 1.82) is 0 Å². The Morgan fingerprint density at radius 2 is 2.40 bits per heavy atom. The lowest BCUT2D eigenvalue weighted by atomic mass is 10.3. The van der Waals surface area contributed by atoms with Crippen LogP contribution in [0.1, 0.15) is 17.2 Å². The Bertz CT molecular complexity index is 397. The number of halogens is 1. The van der Waals surface area contributed by atoms with Gasteiger partial charge in [0.2, 0.25) is 0 Å². The Kier molecular flexibility index (Phi) is 3.50. The second-order valence-corrected chi connectivity index (χ2v) is 5.49. The Morgan fingerprint density at radius 1 is 1.53 bits per heavy atom. The van der Waals surface area contributed by atoms with Crippen LogP contribution in [0.5, 0.6) is 0 Å². The molecule has 2 rings (SSSR count). The maximum absolute atomic E-state index is 4.21. The minimum absolute atomic E-state index is 0.692. The molecular formula is C9H11BrN4S. The third kappa shape index (κ3) is 3.12. The van der Waals surface area contributed by atoms with Crippen LogP contribution in [0.2, 0.25) is 0 Å². The highest BCUT2D eigenvalue weighted by Crippen LogP contribution is 2.20. The molecule has 0 radical (unpaired) electrons. The fraction of sp³-hybridized carbons (Fsp3) is 0.333. The van der Waals surface area contributed by atoms with Crippen LogP contribution in [-0.4, -0.2) is 15.2 Å². The molecule has 0 saturated heterocycles. The first-order valence-corrected chi connectivity index (χ1v) is 6.23. The SMILES string of the molecule is Cc1nc(CNCc2csc(Br)c2)n[nH]1. The predicted molar refractivity (Wildman–Crippen MR) is 63.7 cm³/mol. The van der Waals surface area contributed by atoms with Gasteiger partial charge in [-0.1, -0.05) is 0 Å². The van der Waals surface area contributed by atoms with Crippen LogP contribution in [0.25, 0.3) is 0 Å². The van der Waals surface area contributed by atoms with Crippen LogP contribution < -0.4 is 5.32 Å². The number of nitrogens with zero attached hydrogens (tertiary/aromatic N) is 2. The Hall–Kier alpha value is -0.720. The van der Waals surface area contributed by atoms with Gasteiger partial charge in [0.1, 0.15) is 5.82 Å². The van der Waals surface area contributed by atoms with E-state index in [0.29, 0.717) is 6.54 Å². The third-order valence-corrected chi connectivity index (χ3v) is 3.43. The molecule has 0 aromatic carbocycles. The van der Waals surface area contributed by atoms with Crippen molar-refractivity contribution in [3.8, 4) is 0 Å². The monoisotopic (exact) mass is 286 g/mol. The molecule has 0 aliphatic heterocycles. The minimum atomic E-state index is 0.692. The van der Waals surface area contributed by atoms with Crippen molar-refractivity contribution in [2.45, 2.75) is 20.0 Å². The van der Waals surface area contributed by atoms with Gasteiger partial charge in [-0.2, -0.15) is 5.10 Å². The average molecular weight is 287 g/mol. The van der Waals surface area contributed by atoms with Crippen molar-refractivity contribution >= 4 is 27.3 Å². The molecule has 15 heavy (non-hydrogen) atoms. The molecule has 2 aromatic heterocycles. The van der Waals surface area contributed by atoms with E-state index in [4.69, 9.17) is 0 Å². The third-order valence-electron chi connectivity index (χ3n) is 1.88. The molecule has 4 nitrogen and oxygen atoms in total. The standard InChI is InChI=1S/C9H11BrN4S/c1-6-12-9(14-13-6)4-11-3-7-2-8(10)15-5-7/h2,5,11H,3-4H2,1H3,(H,12,13,14). The lowest BCUT2D eigenvalue weighted by molar-refractivity contribution is 0.666. The zero-order valence-electron chi connectivity index (χ0n) is 8.25. The summed E-state index contributed by atoms with van der Waals surface area (Å²) < 4.78 is 1.16. The predicted octanol–water partition coefficient (Wildman–Crippen LogP) is 2.23. The van der Waals surface area contributed by atoms with Crippen LogP contribution in [0, 0.1) is 6.92 Å². The number of rotatable bonds is 4. The van der Waals surface area contributed by atoms with Crippen LogP contribution in [0.15, 0.2) is 15.2 Å². The molecule has 0 aliphatic carbocycles. The maximum atomic E-state index is 4.21. The van der Waals surface area contributed by atoms with Gasteiger partial charge >= 0.3 is 0 Å². The van der Waals surface area contributed by atoms with Crippen molar-refractivity contribution in [2.75, 3.05) is 0 Å². The zero-order chi connectivity index (χ0) is 10.7. The molecule has 2 heterocycles. The summed E-state index contributed by atoms with van der Waals surface area (Å²) >= 11 is 5.13. The van der Waals surface area contributed by atoms with Gasteiger partial charge < -0.3 is 5.32 Å². The van der Waals surface area contributed by atoms with Gasteiger partial charge in [0, 0.05) is 6.54 Å². The summed E-state index contributed by atoms with van der Waals surface area (Å²) in [6.07, 6.45) is 0. The van der Waals surface area contributed by atoms with Gasteiger partial charge in [0.05, 0.1) is 10.3 Å². The Balaban J connectivity index is 1.80. The molecule has 0 saturated carbocycles. The van der Waals surface area contributed by atoms with Gasteiger partial charge in [-0.3, -0.25) is 5.10 Å². The molecule has 2 N–H and O–H groups in total. The number of aryl methyl sites for hydroxylation is 1. The molecule has 0 aliphatic rings. The number of H-pyrrole nitrogens is 1. The molecule has 80 valence electrons. The number of hydrogen-bond acceptors (Lipinski definition) is 4. The summed E-state index contributed by atoms with van der Waals surface area (Å²) in [5.74, 6) is 1.66. The van der Waals surface area contributed by atoms with Crippen LogP contribution in [0.3, 0.4) is 0 Å². The van der Waals surface area contributed by atoms with Gasteiger partial charge in [-0.25, -0.2) is 4.98 Å². The van der Waals surface area contributed by atoms with Crippen LogP contribution in [0.4, 0.5) is 0 Å². The summed E-state index contributed by atoms with van der Waals surface area (Å²) in [5.41, 5.74) is 1.28. The highest BCUT2D eigenvalue weighted by atomic mass is 79.9. The molecule has 0 fully saturated rings. The fourth-order valence-corrected chi connectivity index (χ4v) is 2.43.